The molecule has 1 rings (SSSR count). The van der Waals surface area contributed by atoms with Gasteiger partial charge in [0, 0.05) is 19.4 Å². The topological polar surface area (TPSA) is 65.0 Å². The van der Waals surface area contributed by atoms with Gasteiger partial charge in [-0.15, -0.1) is 0 Å². The van der Waals surface area contributed by atoms with E-state index in [0.717, 1.165) is 5.56 Å². The van der Waals surface area contributed by atoms with Crippen LogP contribution in [0.3, 0.4) is 0 Å². The SMILES string of the molecule is CCOC(=O)/C=C/C(Cc1ccccc1)=N/OC(C)=O. The summed E-state index contributed by atoms with van der Waals surface area (Å²) in [7, 11) is 0. The predicted molar refractivity (Wildman–Crippen MR) is 75.1 cm³/mol. The number of carbonyl (C=O) groups is 2. The smallest absolute Gasteiger partial charge is 0.331 e. The van der Waals surface area contributed by atoms with E-state index in [9.17, 15) is 9.59 Å². The van der Waals surface area contributed by atoms with Crippen molar-refractivity contribution in [3.63, 3.8) is 0 Å². The summed E-state index contributed by atoms with van der Waals surface area (Å²) >= 11 is 0. The number of benzene rings is 1. The van der Waals surface area contributed by atoms with Crippen LogP contribution in [0, 0.1) is 0 Å². The van der Waals surface area contributed by atoms with E-state index in [-0.39, 0.29) is 0 Å². The number of allylic oxidation sites excluding steroid dienone is 1. The minimum Gasteiger partial charge on any atom is -0.463 e. The van der Waals surface area contributed by atoms with Gasteiger partial charge in [-0.3, -0.25) is 0 Å². The Morgan fingerprint density at radius 3 is 2.50 bits per heavy atom. The first kappa shape index (κ1) is 15.6. The molecule has 20 heavy (non-hydrogen) atoms. The maximum absolute atomic E-state index is 11.3. The summed E-state index contributed by atoms with van der Waals surface area (Å²) in [5.74, 6) is -0.976. The molecule has 0 aliphatic carbocycles. The second-order valence-electron chi connectivity index (χ2n) is 3.91. The van der Waals surface area contributed by atoms with Crippen LogP contribution in [0.2, 0.25) is 0 Å². The largest absolute Gasteiger partial charge is 0.463 e. The van der Waals surface area contributed by atoms with Gasteiger partial charge in [-0.2, -0.15) is 0 Å². The number of oxime groups is 1. The summed E-state index contributed by atoms with van der Waals surface area (Å²) in [5.41, 5.74) is 1.45. The average molecular weight is 275 g/mol. The molecule has 1 aromatic carbocycles. The number of esters is 1. The molecular weight excluding hydrogens is 258 g/mol. The zero-order valence-corrected chi connectivity index (χ0v) is 11.5. The van der Waals surface area contributed by atoms with Gasteiger partial charge in [0.05, 0.1) is 12.3 Å². The van der Waals surface area contributed by atoms with E-state index in [4.69, 9.17) is 4.74 Å². The van der Waals surface area contributed by atoms with Gasteiger partial charge >= 0.3 is 11.9 Å². The molecule has 0 saturated carbocycles. The van der Waals surface area contributed by atoms with E-state index >= 15 is 0 Å². The third-order valence-corrected chi connectivity index (χ3v) is 2.22. The molecule has 1 aromatic rings. The van der Waals surface area contributed by atoms with Gasteiger partial charge in [-0.1, -0.05) is 35.5 Å². The van der Waals surface area contributed by atoms with Crippen LogP contribution in [-0.2, 0) is 25.6 Å². The Kier molecular flexibility index (Phi) is 6.75. The molecule has 0 amide bonds. The summed E-state index contributed by atoms with van der Waals surface area (Å²) in [6.07, 6.45) is 3.19. The molecule has 0 atom stereocenters. The van der Waals surface area contributed by atoms with Crippen LogP contribution in [0.15, 0.2) is 47.6 Å². The third kappa shape index (κ3) is 6.49. The summed E-state index contributed by atoms with van der Waals surface area (Å²) < 4.78 is 4.78. The molecule has 0 unspecified atom stereocenters. The highest BCUT2D eigenvalue weighted by Crippen LogP contribution is 2.03. The molecule has 0 N–H and O–H groups in total. The molecule has 5 heteroatoms. The highest BCUT2D eigenvalue weighted by molar-refractivity contribution is 6.00. The Hall–Kier alpha value is -2.43. The molecule has 0 bridgehead atoms. The number of hydrogen-bond acceptors (Lipinski definition) is 5. The molecule has 0 heterocycles. The number of nitrogens with zero attached hydrogens (tertiary/aromatic N) is 1. The summed E-state index contributed by atoms with van der Waals surface area (Å²) in [6, 6.07) is 9.53. The molecule has 0 fully saturated rings. The van der Waals surface area contributed by atoms with Crippen molar-refractivity contribution < 1.29 is 19.2 Å². The number of carbonyl (C=O) groups excluding carboxylic acids is 2. The Morgan fingerprint density at radius 1 is 1.20 bits per heavy atom. The number of ether oxygens (including phenoxy) is 1. The molecule has 5 nitrogen and oxygen atoms in total. The van der Waals surface area contributed by atoms with E-state index in [1.165, 1.54) is 19.1 Å². The normalized spacial score (nSPS) is 11.4. The fourth-order valence-electron chi connectivity index (χ4n) is 1.40. The van der Waals surface area contributed by atoms with Crippen molar-refractivity contribution in [3.05, 3.63) is 48.0 Å². The zero-order valence-electron chi connectivity index (χ0n) is 11.5. The molecule has 0 aromatic heterocycles. The highest BCUT2D eigenvalue weighted by Gasteiger charge is 2.02. The van der Waals surface area contributed by atoms with Gasteiger partial charge in [0.2, 0.25) is 0 Å². The second-order valence-corrected chi connectivity index (χ2v) is 3.91. The van der Waals surface area contributed by atoms with Gasteiger partial charge in [0.15, 0.2) is 0 Å². The summed E-state index contributed by atoms with van der Waals surface area (Å²) in [5, 5.41) is 3.72. The first-order valence-electron chi connectivity index (χ1n) is 6.25. The Bertz CT molecular complexity index is 506. The minimum absolute atomic E-state index is 0.304. The van der Waals surface area contributed by atoms with Gasteiger partial charge < -0.3 is 9.57 Å². The van der Waals surface area contributed by atoms with Crippen molar-refractivity contribution in [3.8, 4) is 0 Å². The lowest BCUT2D eigenvalue weighted by Crippen LogP contribution is -2.05. The fraction of sp³-hybridized carbons (Fsp3) is 0.267. The molecule has 0 aliphatic rings. The third-order valence-electron chi connectivity index (χ3n) is 2.22. The van der Waals surface area contributed by atoms with Gasteiger partial charge in [-0.25, -0.2) is 9.59 Å². The molecule has 0 spiro atoms. The average Bonchev–Trinajstić information content (AvgIpc) is 2.43. The summed E-state index contributed by atoms with van der Waals surface area (Å²) in [4.78, 5) is 26.7. The Morgan fingerprint density at radius 2 is 1.90 bits per heavy atom. The molecule has 0 radical (unpaired) electrons. The number of hydrogen-bond donors (Lipinski definition) is 0. The lowest BCUT2D eigenvalue weighted by Gasteiger charge is -2.01. The van der Waals surface area contributed by atoms with Gasteiger partial charge in [-0.05, 0) is 18.6 Å². The van der Waals surface area contributed by atoms with E-state index in [2.05, 4.69) is 9.99 Å². The van der Waals surface area contributed by atoms with Crippen molar-refractivity contribution in [2.24, 2.45) is 5.16 Å². The second kappa shape index (κ2) is 8.63. The lowest BCUT2D eigenvalue weighted by atomic mass is 10.1. The first-order chi connectivity index (χ1) is 9.61. The molecule has 0 saturated heterocycles. The van der Waals surface area contributed by atoms with Crippen LogP contribution >= 0.6 is 0 Å². The van der Waals surface area contributed by atoms with E-state index in [0.29, 0.717) is 18.7 Å². The van der Waals surface area contributed by atoms with Crippen LogP contribution in [0.4, 0.5) is 0 Å². The molecule has 106 valence electrons. The molecular formula is C15H17NO4. The van der Waals surface area contributed by atoms with Crippen molar-refractivity contribution >= 4 is 17.7 Å². The van der Waals surface area contributed by atoms with E-state index in [1.54, 1.807) is 6.92 Å². The Balaban J connectivity index is 2.77. The van der Waals surface area contributed by atoms with Gasteiger partial charge in [0.25, 0.3) is 0 Å². The number of rotatable bonds is 6. The van der Waals surface area contributed by atoms with Crippen molar-refractivity contribution in [1.82, 2.24) is 0 Å². The maximum Gasteiger partial charge on any atom is 0.331 e. The van der Waals surface area contributed by atoms with Crippen LogP contribution in [0.1, 0.15) is 19.4 Å². The van der Waals surface area contributed by atoms with Crippen molar-refractivity contribution in [2.75, 3.05) is 6.61 Å². The fourth-order valence-corrected chi connectivity index (χ4v) is 1.40. The maximum atomic E-state index is 11.3. The summed E-state index contributed by atoms with van der Waals surface area (Å²) in [6.45, 7) is 3.29. The van der Waals surface area contributed by atoms with E-state index < -0.39 is 11.9 Å². The standard InChI is InChI=1S/C15H17NO4/c1-3-19-15(18)10-9-14(16-20-12(2)17)11-13-7-5-4-6-8-13/h4-10H,3,11H2,1-2H3/b10-9+,16-14-. The van der Waals surface area contributed by atoms with Crippen LogP contribution in [-0.4, -0.2) is 24.3 Å². The van der Waals surface area contributed by atoms with Crippen LogP contribution < -0.4 is 0 Å². The predicted octanol–water partition coefficient (Wildman–Crippen LogP) is 2.27. The van der Waals surface area contributed by atoms with Crippen molar-refractivity contribution in [1.29, 1.82) is 0 Å². The van der Waals surface area contributed by atoms with Crippen LogP contribution in [0.25, 0.3) is 0 Å². The zero-order chi connectivity index (χ0) is 14.8. The van der Waals surface area contributed by atoms with E-state index in [1.807, 2.05) is 30.3 Å². The monoisotopic (exact) mass is 275 g/mol. The first-order valence-corrected chi connectivity index (χ1v) is 6.25. The van der Waals surface area contributed by atoms with Crippen LogP contribution in [0.5, 0.6) is 0 Å². The van der Waals surface area contributed by atoms with Gasteiger partial charge in [0.1, 0.15) is 0 Å². The van der Waals surface area contributed by atoms with Crippen molar-refractivity contribution in [2.45, 2.75) is 20.3 Å². The Labute approximate surface area is 117 Å². The minimum atomic E-state index is -0.514. The molecule has 0 aliphatic heterocycles. The quantitative estimate of drug-likeness (QED) is 0.263. The highest BCUT2D eigenvalue weighted by atomic mass is 16.7. The lowest BCUT2D eigenvalue weighted by molar-refractivity contribution is -0.141.